The van der Waals surface area contributed by atoms with Crippen LogP contribution < -0.4 is 0 Å². The van der Waals surface area contributed by atoms with Crippen LogP contribution in [0.2, 0.25) is 0 Å². The zero-order valence-electron chi connectivity index (χ0n) is 11.3. The molecule has 0 saturated heterocycles. The van der Waals surface area contributed by atoms with Crippen LogP contribution >= 0.6 is 0 Å². The van der Waals surface area contributed by atoms with Crippen molar-refractivity contribution in [2.75, 3.05) is 0 Å². The largest absolute Gasteiger partial charge is 0.385 e. The van der Waals surface area contributed by atoms with Gasteiger partial charge in [0.05, 0.1) is 5.60 Å². The summed E-state index contributed by atoms with van der Waals surface area (Å²) in [6.07, 6.45) is 2.65. The van der Waals surface area contributed by atoms with Crippen molar-refractivity contribution in [3.8, 4) is 0 Å². The molecule has 2 atom stereocenters. The highest BCUT2D eigenvalue weighted by molar-refractivity contribution is 5.43. The standard InChI is InChI=1S/C18H20O/c1-2-18(19)13-12-15(14-8-4-3-5-9-14)16-10-6-7-11-17(16)18/h3-11,15,19H,2,12-13H2,1H3/t15-,18-/m1/s1. The Morgan fingerprint density at radius 2 is 1.74 bits per heavy atom. The fourth-order valence-electron chi connectivity index (χ4n) is 3.30. The Morgan fingerprint density at radius 3 is 2.47 bits per heavy atom. The minimum absolute atomic E-state index is 0.421. The minimum Gasteiger partial charge on any atom is -0.385 e. The molecule has 0 fully saturated rings. The van der Waals surface area contributed by atoms with Crippen LogP contribution in [0.15, 0.2) is 54.6 Å². The summed E-state index contributed by atoms with van der Waals surface area (Å²) in [4.78, 5) is 0. The van der Waals surface area contributed by atoms with Gasteiger partial charge in [0.1, 0.15) is 0 Å². The number of aliphatic hydroxyl groups is 1. The maximum atomic E-state index is 10.8. The Kier molecular flexibility index (Phi) is 3.16. The summed E-state index contributed by atoms with van der Waals surface area (Å²) in [5, 5.41) is 10.8. The van der Waals surface area contributed by atoms with Gasteiger partial charge in [-0.15, -0.1) is 0 Å². The van der Waals surface area contributed by atoms with E-state index in [1.807, 2.05) is 6.07 Å². The van der Waals surface area contributed by atoms with Crippen LogP contribution in [0.25, 0.3) is 0 Å². The van der Waals surface area contributed by atoms with Gasteiger partial charge in [-0.2, -0.15) is 0 Å². The number of rotatable bonds is 2. The Bertz CT molecular complexity index is 561. The van der Waals surface area contributed by atoms with Crippen molar-refractivity contribution < 1.29 is 5.11 Å². The molecule has 1 aliphatic rings. The van der Waals surface area contributed by atoms with E-state index in [2.05, 4.69) is 55.5 Å². The van der Waals surface area contributed by atoms with Gasteiger partial charge < -0.3 is 5.11 Å². The summed E-state index contributed by atoms with van der Waals surface area (Å²) in [6, 6.07) is 19.0. The van der Waals surface area contributed by atoms with Crippen LogP contribution in [0.5, 0.6) is 0 Å². The van der Waals surface area contributed by atoms with Crippen molar-refractivity contribution in [3.05, 3.63) is 71.3 Å². The van der Waals surface area contributed by atoms with Crippen molar-refractivity contribution >= 4 is 0 Å². The summed E-state index contributed by atoms with van der Waals surface area (Å²) < 4.78 is 0. The maximum absolute atomic E-state index is 10.8. The van der Waals surface area contributed by atoms with E-state index in [-0.39, 0.29) is 0 Å². The second-order valence-electron chi connectivity index (χ2n) is 5.47. The SMILES string of the molecule is CC[C@@]1(O)CC[C@H](c2ccccc2)c2ccccc21. The predicted octanol–water partition coefficient (Wildman–Crippen LogP) is 4.21. The van der Waals surface area contributed by atoms with Gasteiger partial charge in [-0.3, -0.25) is 0 Å². The second kappa shape index (κ2) is 4.82. The average molecular weight is 252 g/mol. The molecule has 0 aliphatic heterocycles. The van der Waals surface area contributed by atoms with Gasteiger partial charge in [0.2, 0.25) is 0 Å². The topological polar surface area (TPSA) is 20.2 Å². The second-order valence-corrected chi connectivity index (χ2v) is 5.47. The maximum Gasteiger partial charge on any atom is 0.0897 e. The molecule has 1 aliphatic carbocycles. The van der Waals surface area contributed by atoms with E-state index in [0.29, 0.717) is 5.92 Å². The lowest BCUT2D eigenvalue weighted by Gasteiger charge is -2.38. The summed E-state index contributed by atoms with van der Waals surface area (Å²) >= 11 is 0. The molecule has 1 N–H and O–H groups in total. The van der Waals surface area contributed by atoms with E-state index in [4.69, 9.17) is 0 Å². The van der Waals surface area contributed by atoms with Crippen molar-refractivity contribution in [1.29, 1.82) is 0 Å². The number of benzene rings is 2. The highest BCUT2D eigenvalue weighted by Crippen LogP contribution is 2.45. The molecule has 19 heavy (non-hydrogen) atoms. The molecule has 3 rings (SSSR count). The Labute approximate surface area is 114 Å². The molecule has 98 valence electrons. The van der Waals surface area contributed by atoms with E-state index < -0.39 is 5.60 Å². The molecule has 0 saturated carbocycles. The molecular weight excluding hydrogens is 232 g/mol. The normalized spacial score (nSPS) is 25.9. The molecule has 1 nitrogen and oxygen atoms in total. The number of hydrogen-bond donors (Lipinski definition) is 1. The van der Waals surface area contributed by atoms with Crippen molar-refractivity contribution in [1.82, 2.24) is 0 Å². The lowest BCUT2D eigenvalue weighted by Crippen LogP contribution is -2.31. The van der Waals surface area contributed by atoms with E-state index in [1.54, 1.807) is 0 Å². The highest BCUT2D eigenvalue weighted by atomic mass is 16.3. The Morgan fingerprint density at radius 1 is 1.05 bits per heavy atom. The molecule has 0 heterocycles. The van der Waals surface area contributed by atoms with E-state index in [0.717, 1.165) is 24.8 Å². The van der Waals surface area contributed by atoms with Gasteiger partial charge in [0.15, 0.2) is 0 Å². The smallest absolute Gasteiger partial charge is 0.0897 e. The van der Waals surface area contributed by atoms with Gasteiger partial charge >= 0.3 is 0 Å². The van der Waals surface area contributed by atoms with Gasteiger partial charge in [-0.25, -0.2) is 0 Å². The summed E-state index contributed by atoms with van der Waals surface area (Å²) in [7, 11) is 0. The summed E-state index contributed by atoms with van der Waals surface area (Å²) in [5.74, 6) is 0.421. The first kappa shape index (κ1) is 12.4. The van der Waals surface area contributed by atoms with Crippen LogP contribution in [-0.2, 0) is 5.60 Å². The third-order valence-electron chi connectivity index (χ3n) is 4.47. The molecule has 2 aromatic carbocycles. The van der Waals surface area contributed by atoms with Gasteiger partial charge in [0.25, 0.3) is 0 Å². The number of fused-ring (bicyclic) bond motifs is 1. The fourth-order valence-corrected chi connectivity index (χ4v) is 3.30. The number of hydrogen-bond acceptors (Lipinski definition) is 1. The van der Waals surface area contributed by atoms with Crippen LogP contribution in [-0.4, -0.2) is 5.11 Å². The first-order valence-electron chi connectivity index (χ1n) is 7.11. The summed E-state index contributed by atoms with van der Waals surface area (Å²) in [5.41, 5.74) is 3.14. The Balaban J connectivity index is 2.10. The van der Waals surface area contributed by atoms with Crippen molar-refractivity contribution in [2.24, 2.45) is 0 Å². The molecule has 0 amide bonds. The quantitative estimate of drug-likeness (QED) is 0.849. The Hall–Kier alpha value is -1.60. The minimum atomic E-state index is -0.637. The predicted molar refractivity (Wildman–Crippen MR) is 78.1 cm³/mol. The lowest BCUT2D eigenvalue weighted by molar-refractivity contribution is 0.0127. The third-order valence-corrected chi connectivity index (χ3v) is 4.47. The zero-order chi connectivity index (χ0) is 13.3. The van der Waals surface area contributed by atoms with Crippen LogP contribution in [0.3, 0.4) is 0 Å². The van der Waals surface area contributed by atoms with Gasteiger partial charge in [0, 0.05) is 5.92 Å². The van der Waals surface area contributed by atoms with Gasteiger partial charge in [-0.1, -0.05) is 61.5 Å². The lowest BCUT2D eigenvalue weighted by atomic mass is 9.71. The average Bonchev–Trinajstić information content (AvgIpc) is 2.49. The molecule has 0 bridgehead atoms. The van der Waals surface area contributed by atoms with Gasteiger partial charge in [-0.05, 0) is 36.0 Å². The molecule has 2 aromatic rings. The van der Waals surface area contributed by atoms with E-state index >= 15 is 0 Å². The fraction of sp³-hybridized carbons (Fsp3) is 0.333. The van der Waals surface area contributed by atoms with Crippen LogP contribution in [0, 0.1) is 0 Å². The molecule has 0 aromatic heterocycles. The molecule has 1 heteroatoms. The third kappa shape index (κ3) is 2.08. The first-order valence-corrected chi connectivity index (χ1v) is 7.11. The van der Waals surface area contributed by atoms with Crippen LogP contribution in [0.4, 0.5) is 0 Å². The highest BCUT2D eigenvalue weighted by Gasteiger charge is 2.36. The summed E-state index contributed by atoms with van der Waals surface area (Å²) in [6.45, 7) is 2.07. The zero-order valence-corrected chi connectivity index (χ0v) is 11.3. The van der Waals surface area contributed by atoms with Crippen molar-refractivity contribution in [2.45, 2.75) is 37.7 Å². The van der Waals surface area contributed by atoms with E-state index in [9.17, 15) is 5.11 Å². The molecular formula is C18H20O. The molecule has 0 radical (unpaired) electrons. The monoisotopic (exact) mass is 252 g/mol. The van der Waals surface area contributed by atoms with E-state index in [1.165, 1.54) is 11.1 Å². The molecule has 0 spiro atoms. The van der Waals surface area contributed by atoms with Crippen molar-refractivity contribution in [3.63, 3.8) is 0 Å². The molecule has 0 unspecified atom stereocenters. The first-order chi connectivity index (χ1) is 9.24. The van der Waals surface area contributed by atoms with Crippen LogP contribution in [0.1, 0.15) is 48.8 Å².